The summed E-state index contributed by atoms with van der Waals surface area (Å²) in [7, 11) is 0. The van der Waals surface area contributed by atoms with Crippen LogP contribution in [0.1, 0.15) is 11.1 Å². The first kappa shape index (κ1) is 17.3. The Morgan fingerprint density at radius 1 is 0.800 bits per heavy atom. The summed E-state index contributed by atoms with van der Waals surface area (Å²) in [5.74, 6) is -0.787. The highest BCUT2D eigenvalue weighted by atomic mass is 35.5. The minimum absolute atomic E-state index is 0.122. The summed E-state index contributed by atoms with van der Waals surface area (Å²) in [4.78, 5) is 22.3. The van der Waals surface area contributed by atoms with Crippen LogP contribution in [0.4, 0.5) is 0 Å². The molecule has 0 N–H and O–H groups in total. The van der Waals surface area contributed by atoms with Crippen molar-refractivity contribution >= 4 is 68.0 Å². The fourth-order valence-electron chi connectivity index (χ4n) is 1.32. The van der Waals surface area contributed by atoms with Gasteiger partial charge in [0, 0.05) is 12.2 Å². The van der Waals surface area contributed by atoms with Gasteiger partial charge in [0.05, 0.1) is 21.8 Å². The Morgan fingerprint density at radius 2 is 1.10 bits per heavy atom. The maximum atomic E-state index is 11.2. The second-order valence-electron chi connectivity index (χ2n) is 3.76. The first-order valence-corrected chi connectivity index (χ1v) is 7.33. The van der Waals surface area contributed by atoms with Gasteiger partial charge >= 0.3 is 0 Å². The summed E-state index contributed by atoms with van der Waals surface area (Å²) in [5, 5.41) is 0.582. The Balaban J connectivity index is 2.94. The fraction of sp³-hybridized carbons (Fsp3) is 0.143. The van der Waals surface area contributed by atoms with E-state index in [2.05, 4.69) is 0 Å². The molecule has 1 rings (SSSR count). The highest BCUT2D eigenvalue weighted by molar-refractivity contribution is 6.51. The van der Waals surface area contributed by atoms with Crippen LogP contribution in [0.2, 0.25) is 0 Å². The first-order chi connectivity index (χ1) is 9.47. The van der Waals surface area contributed by atoms with Crippen LogP contribution in [0.5, 0.6) is 0 Å². The van der Waals surface area contributed by atoms with E-state index in [-0.39, 0.29) is 23.3 Å². The molecule has 0 saturated heterocycles. The average molecular weight is 352 g/mol. The van der Waals surface area contributed by atoms with Crippen LogP contribution in [0.15, 0.2) is 36.4 Å². The van der Waals surface area contributed by atoms with Gasteiger partial charge in [-0.05, 0) is 11.1 Å². The maximum absolute atomic E-state index is 11.2. The predicted octanol–water partition coefficient (Wildman–Crippen LogP) is 4.46. The Morgan fingerprint density at radius 3 is 1.35 bits per heavy atom. The molecule has 0 spiro atoms. The molecule has 0 bridgehead atoms. The summed E-state index contributed by atoms with van der Waals surface area (Å²) in [6, 6.07) is 6.77. The summed E-state index contributed by atoms with van der Waals surface area (Å²) in [6.45, 7) is 0. The number of ketones is 2. The molecule has 0 aliphatic rings. The van der Waals surface area contributed by atoms with E-state index < -0.39 is 0 Å². The molecule has 0 radical (unpaired) electrons. The zero-order chi connectivity index (χ0) is 15.1. The van der Waals surface area contributed by atoms with Gasteiger partial charge in [0.1, 0.15) is 0 Å². The largest absolute Gasteiger partial charge is 0.293 e. The number of benzene rings is 1. The van der Waals surface area contributed by atoms with Crippen LogP contribution in [-0.4, -0.2) is 23.3 Å². The number of halogens is 4. The molecule has 0 saturated carbocycles. The van der Waals surface area contributed by atoms with Gasteiger partial charge in [-0.1, -0.05) is 47.5 Å². The smallest absolute Gasteiger partial charge is 0.171 e. The fourth-order valence-corrected chi connectivity index (χ4v) is 1.96. The summed E-state index contributed by atoms with van der Waals surface area (Å²) in [5.41, 5.74) is 1.31. The molecule has 1 aromatic carbocycles. The molecule has 6 heteroatoms. The van der Waals surface area contributed by atoms with Gasteiger partial charge in [0.15, 0.2) is 11.6 Å². The Bertz CT molecular complexity index is 508. The second kappa shape index (κ2) is 8.48. The lowest BCUT2D eigenvalue weighted by atomic mass is 10.1. The lowest BCUT2D eigenvalue weighted by Crippen LogP contribution is -1.94. The van der Waals surface area contributed by atoms with Crippen LogP contribution < -0.4 is 0 Å². The molecule has 20 heavy (non-hydrogen) atoms. The molecule has 2 nitrogen and oxygen atoms in total. The van der Waals surface area contributed by atoms with Crippen LogP contribution in [-0.2, 0) is 9.59 Å². The first-order valence-electron chi connectivity index (χ1n) is 5.50. The molecule has 0 aliphatic carbocycles. The quantitative estimate of drug-likeness (QED) is 0.560. The van der Waals surface area contributed by atoms with Crippen molar-refractivity contribution in [2.24, 2.45) is 0 Å². The monoisotopic (exact) mass is 350 g/mol. The number of hydrogen-bond acceptors (Lipinski definition) is 2. The molecule has 0 aliphatic heterocycles. The zero-order valence-corrected chi connectivity index (χ0v) is 13.2. The van der Waals surface area contributed by atoms with Gasteiger partial charge in [0.25, 0.3) is 0 Å². The third-order valence-corrected chi connectivity index (χ3v) is 3.46. The average Bonchev–Trinajstić information content (AvgIpc) is 2.46. The van der Waals surface area contributed by atoms with Crippen molar-refractivity contribution in [2.45, 2.75) is 0 Å². The molecule has 106 valence electrons. The highest BCUT2D eigenvalue weighted by Crippen LogP contribution is 2.24. The lowest BCUT2D eigenvalue weighted by molar-refractivity contribution is -0.113. The van der Waals surface area contributed by atoms with Crippen LogP contribution in [0, 0.1) is 0 Å². The number of carbonyl (C=O) groups is 2. The number of hydrogen-bond donors (Lipinski definition) is 0. The zero-order valence-electron chi connectivity index (χ0n) is 10.2. The Hall–Kier alpha value is -0.800. The van der Waals surface area contributed by atoms with Crippen LogP contribution in [0.3, 0.4) is 0 Å². The van der Waals surface area contributed by atoms with Crippen LogP contribution in [0.25, 0.3) is 10.1 Å². The van der Waals surface area contributed by atoms with E-state index in [1.807, 2.05) is 0 Å². The van der Waals surface area contributed by atoms with E-state index >= 15 is 0 Å². The SMILES string of the molecule is O=C(C=C(Cl)c1ccc(C(Cl)=CC(=O)CCl)cc1)CCl. The third kappa shape index (κ3) is 5.29. The standard InChI is InChI=1S/C14H10Cl4O2/c15-7-11(19)5-13(17)9-1-2-10(4-3-9)14(18)6-12(20)8-16/h1-6H,7-8H2. The highest BCUT2D eigenvalue weighted by Gasteiger charge is 2.05. The van der Waals surface area contributed by atoms with Gasteiger partial charge in [-0.15, -0.1) is 23.2 Å². The van der Waals surface area contributed by atoms with E-state index in [0.717, 1.165) is 0 Å². The maximum Gasteiger partial charge on any atom is 0.171 e. The van der Waals surface area contributed by atoms with E-state index in [0.29, 0.717) is 21.2 Å². The van der Waals surface area contributed by atoms with E-state index in [1.165, 1.54) is 12.2 Å². The molecular formula is C14H10Cl4O2. The van der Waals surface area contributed by atoms with Crippen LogP contribution >= 0.6 is 46.4 Å². The molecule has 0 fully saturated rings. The topological polar surface area (TPSA) is 34.1 Å². The van der Waals surface area contributed by atoms with Crippen molar-refractivity contribution in [1.29, 1.82) is 0 Å². The lowest BCUT2D eigenvalue weighted by Gasteiger charge is -2.02. The third-order valence-electron chi connectivity index (χ3n) is 2.28. The van der Waals surface area contributed by atoms with Crippen molar-refractivity contribution < 1.29 is 9.59 Å². The second-order valence-corrected chi connectivity index (χ2v) is 5.11. The Labute approximate surface area is 137 Å². The summed E-state index contributed by atoms with van der Waals surface area (Å²) in [6.07, 6.45) is 2.52. The van der Waals surface area contributed by atoms with Crippen molar-refractivity contribution in [1.82, 2.24) is 0 Å². The molecule has 1 aromatic rings. The predicted molar refractivity (Wildman–Crippen MR) is 85.6 cm³/mol. The molecule has 0 unspecified atom stereocenters. The summed E-state index contributed by atoms with van der Waals surface area (Å²) < 4.78 is 0. The van der Waals surface area contributed by atoms with E-state index in [1.54, 1.807) is 24.3 Å². The Kier molecular flexibility index (Phi) is 7.31. The molecule has 0 heterocycles. The van der Waals surface area contributed by atoms with Gasteiger partial charge < -0.3 is 0 Å². The van der Waals surface area contributed by atoms with E-state index in [4.69, 9.17) is 46.4 Å². The minimum atomic E-state index is -0.272. The van der Waals surface area contributed by atoms with Gasteiger partial charge in [-0.25, -0.2) is 0 Å². The molecule has 0 amide bonds. The number of allylic oxidation sites excluding steroid dienone is 2. The molecule has 0 aromatic heterocycles. The van der Waals surface area contributed by atoms with E-state index in [9.17, 15) is 9.59 Å². The van der Waals surface area contributed by atoms with Crippen molar-refractivity contribution in [2.75, 3.05) is 11.8 Å². The van der Waals surface area contributed by atoms with Crippen molar-refractivity contribution in [3.63, 3.8) is 0 Å². The summed E-state index contributed by atoms with van der Waals surface area (Å²) >= 11 is 22.7. The number of carbonyl (C=O) groups excluding carboxylic acids is 2. The van der Waals surface area contributed by atoms with Gasteiger partial charge in [-0.2, -0.15) is 0 Å². The van der Waals surface area contributed by atoms with Gasteiger partial charge in [0.2, 0.25) is 0 Å². The molecular weight excluding hydrogens is 342 g/mol. The number of alkyl halides is 2. The minimum Gasteiger partial charge on any atom is -0.293 e. The van der Waals surface area contributed by atoms with Crippen molar-refractivity contribution in [3.8, 4) is 0 Å². The molecule has 0 atom stereocenters. The normalized spacial score (nSPS) is 12.4. The van der Waals surface area contributed by atoms with Crippen molar-refractivity contribution in [3.05, 3.63) is 47.5 Å². The van der Waals surface area contributed by atoms with Gasteiger partial charge in [-0.3, -0.25) is 9.59 Å². The number of rotatable bonds is 6.